The van der Waals surface area contributed by atoms with E-state index in [0.29, 0.717) is 33.2 Å². The highest BCUT2D eigenvalue weighted by molar-refractivity contribution is 7.99. The molecule has 0 bridgehead atoms. The molecule has 1 aromatic heterocycles. The fraction of sp³-hybridized carbons (Fsp3) is 0.450. The molecule has 0 saturated heterocycles. The predicted molar refractivity (Wildman–Crippen MR) is 108 cm³/mol. The molecule has 0 aliphatic carbocycles. The molecule has 27 heavy (non-hydrogen) atoms. The summed E-state index contributed by atoms with van der Waals surface area (Å²) in [6, 6.07) is 8.18. The number of aromatic amines is 1. The molecule has 6 nitrogen and oxygen atoms in total. The molecule has 1 aromatic carbocycles. The molecule has 2 aromatic rings. The van der Waals surface area contributed by atoms with Gasteiger partial charge in [-0.05, 0) is 18.9 Å². The minimum Gasteiger partial charge on any atom is -0.497 e. The third kappa shape index (κ3) is 8.17. The molecule has 0 unspecified atom stereocenters. The van der Waals surface area contributed by atoms with E-state index >= 15 is 0 Å². The maximum Gasteiger partial charge on any atom is 0.165 e. The smallest absolute Gasteiger partial charge is 0.165 e. The first kappa shape index (κ1) is 21.5. The number of methoxy groups -OCH3 is 1. The van der Waals surface area contributed by atoms with Crippen LogP contribution < -0.4 is 0 Å². The molecule has 1 heterocycles. The van der Waals surface area contributed by atoms with Crippen molar-refractivity contribution in [3.05, 3.63) is 48.4 Å². The van der Waals surface area contributed by atoms with Crippen molar-refractivity contribution in [1.82, 2.24) is 9.97 Å². The average Bonchev–Trinajstić information content (AvgIpc) is 3.16. The monoisotopic (exact) mass is 392 g/mol. The van der Waals surface area contributed by atoms with Gasteiger partial charge >= 0.3 is 0 Å². The van der Waals surface area contributed by atoms with E-state index in [4.69, 9.17) is 18.9 Å². The number of aromatic nitrogens is 2. The van der Waals surface area contributed by atoms with Crippen molar-refractivity contribution in [2.24, 2.45) is 0 Å². The summed E-state index contributed by atoms with van der Waals surface area (Å²) in [5.74, 6) is 0.928. The van der Waals surface area contributed by atoms with Crippen molar-refractivity contribution in [3.63, 3.8) is 0 Å². The summed E-state index contributed by atoms with van der Waals surface area (Å²) in [4.78, 5) is 7.86. The first-order chi connectivity index (χ1) is 13.3. The maximum atomic E-state index is 5.52. The van der Waals surface area contributed by atoms with Crippen LogP contribution in [0.5, 0.6) is 0 Å². The lowest BCUT2D eigenvalue weighted by Gasteiger charge is -2.07. The number of rotatable bonds is 14. The minimum absolute atomic E-state index is 0.311. The van der Waals surface area contributed by atoms with E-state index in [2.05, 4.69) is 22.1 Å². The Morgan fingerprint density at radius 2 is 2.00 bits per heavy atom. The van der Waals surface area contributed by atoms with E-state index in [1.165, 1.54) is 0 Å². The third-order valence-electron chi connectivity index (χ3n) is 3.60. The molecular formula is C20H28N2O4S. The van der Waals surface area contributed by atoms with E-state index in [1.807, 2.05) is 31.3 Å². The van der Waals surface area contributed by atoms with Crippen LogP contribution in [0.2, 0.25) is 0 Å². The van der Waals surface area contributed by atoms with E-state index in [1.54, 1.807) is 25.1 Å². The molecule has 0 atom stereocenters. The molecule has 0 amide bonds. The summed E-state index contributed by atoms with van der Waals surface area (Å²) in [5.41, 5.74) is 3.23. The van der Waals surface area contributed by atoms with Crippen molar-refractivity contribution >= 4 is 11.8 Å². The van der Waals surface area contributed by atoms with E-state index < -0.39 is 0 Å². The number of benzene rings is 1. The van der Waals surface area contributed by atoms with Gasteiger partial charge in [-0.3, -0.25) is 0 Å². The summed E-state index contributed by atoms with van der Waals surface area (Å²) < 4.78 is 21.1. The van der Waals surface area contributed by atoms with Crippen LogP contribution in [0, 0.1) is 0 Å². The highest BCUT2D eigenvalue weighted by Gasteiger charge is 2.08. The third-order valence-corrected chi connectivity index (χ3v) is 4.58. The molecule has 0 aliphatic heterocycles. The zero-order chi connectivity index (χ0) is 19.2. The first-order valence-electron chi connectivity index (χ1n) is 8.98. The summed E-state index contributed by atoms with van der Waals surface area (Å²) in [5, 5.41) is 0.908. The number of hydrogen-bond donors (Lipinski definition) is 1. The van der Waals surface area contributed by atoms with Crippen LogP contribution in [0.1, 0.15) is 18.9 Å². The zero-order valence-electron chi connectivity index (χ0n) is 16.0. The summed E-state index contributed by atoms with van der Waals surface area (Å²) in [6.45, 7) is 4.59. The van der Waals surface area contributed by atoms with Crippen molar-refractivity contribution in [3.8, 4) is 11.3 Å². The number of thioether (sulfide) groups is 1. The van der Waals surface area contributed by atoms with Crippen molar-refractivity contribution in [2.75, 3.05) is 39.5 Å². The maximum absolute atomic E-state index is 5.52. The Bertz CT molecular complexity index is 676. The lowest BCUT2D eigenvalue weighted by atomic mass is 10.1. The van der Waals surface area contributed by atoms with E-state index in [0.717, 1.165) is 34.2 Å². The van der Waals surface area contributed by atoms with Crippen molar-refractivity contribution in [2.45, 2.75) is 25.1 Å². The largest absolute Gasteiger partial charge is 0.497 e. The number of imidazole rings is 1. The van der Waals surface area contributed by atoms with Crippen molar-refractivity contribution in [1.29, 1.82) is 0 Å². The Hall–Kier alpha value is -1.80. The van der Waals surface area contributed by atoms with Crippen LogP contribution in [0.25, 0.3) is 11.3 Å². The molecule has 1 N–H and O–H groups in total. The number of ether oxygens (including phenoxy) is 4. The summed E-state index contributed by atoms with van der Waals surface area (Å²) in [7, 11) is 1.65. The van der Waals surface area contributed by atoms with Gasteiger partial charge in [-0.25, -0.2) is 4.98 Å². The number of nitrogens with zero attached hydrogens (tertiary/aromatic N) is 1. The first-order valence-corrected chi connectivity index (χ1v) is 9.97. The van der Waals surface area contributed by atoms with Crippen LogP contribution in [0.3, 0.4) is 0 Å². The normalized spacial score (nSPS) is 11.3. The van der Waals surface area contributed by atoms with Gasteiger partial charge in [0.1, 0.15) is 13.4 Å². The molecule has 148 valence electrons. The molecule has 2 rings (SSSR count). The number of allylic oxidation sites excluding steroid dienone is 1. The number of nitrogens with one attached hydrogen (secondary N) is 1. The Kier molecular flexibility index (Phi) is 10.7. The molecule has 0 radical (unpaired) electrons. The SMILES string of the molecule is C/C=C/OCc1ccccc1-c1cnc(SCCCOCOCCOC)[nH]1. The molecule has 7 heteroatoms. The topological polar surface area (TPSA) is 65.6 Å². The van der Waals surface area contributed by atoms with Gasteiger partial charge < -0.3 is 23.9 Å². The minimum atomic E-state index is 0.311. The second-order valence-electron chi connectivity index (χ2n) is 5.67. The second-order valence-corrected chi connectivity index (χ2v) is 6.75. The number of hydrogen-bond acceptors (Lipinski definition) is 6. The van der Waals surface area contributed by atoms with Crippen LogP contribution in [-0.4, -0.2) is 49.4 Å². The number of H-pyrrole nitrogens is 1. The highest BCUT2D eigenvalue weighted by Crippen LogP contribution is 2.25. The van der Waals surface area contributed by atoms with Crippen LogP contribution in [0.4, 0.5) is 0 Å². The standard InChI is InChI=1S/C20H28N2O4S/c1-3-9-24-15-17-7-4-5-8-18(17)19-14-21-20(22-19)27-13-6-10-25-16-26-12-11-23-2/h3-5,7-9,14H,6,10-13,15-16H2,1-2H3,(H,21,22)/b9-3+. The van der Waals surface area contributed by atoms with Gasteiger partial charge in [0.25, 0.3) is 0 Å². The predicted octanol–water partition coefficient (Wildman–Crippen LogP) is 4.25. The summed E-state index contributed by atoms with van der Waals surface area (Å²) >= 11 is 1.69. The fourth-order valence-corrected chi connectivity index (χ4v) is 3.07. The van der Waals surface area contributed by atoms with Gasteiger partial charge in [-0.1, -0.05) is 42.1 Å². The molecule has 0 fully saturated rings. The lowest BCUT2D eigenvalue weighted by Crippen LogP contribution is -2.06. The van der Waals surface area contributed by atoms with Gasteiger partial charge in [0.15, 0.2) is 5.16 Å². The van der Waals surface area contributed by atoms with Crippen molar-refractivity contribution < 1.29 is 18.9 Å². The second kappa shape index (κ2) is 13.4. The zero-order valence-corrected chi connectivity index (χ0v) is 16.8. The molecule has 0 saturated carbocycles. The molecule has 0 spiro atoms. The lowest BCUT2D eigenvalue weighted by molar-refractivity contribution is -0.0651. The Labute approximate surface area is 165 Å². The van der Waals surface area contributed by atoms with Crippen LogP contribution >= 0.6 is 11.8 Å². The van der Waals surface area contributed by atoms with Gasteiger partial charge in [0.05, 0.1) is 38.0 Å². The Balaban J connectivity index is 1.73. The van der Waals surface area contributed by atoms with Gasteiger partial charge in [-0.2, -0.15) is 0 Å². The van der Waals surface area contributed by atoms with Crippen LogP contribution in [-0.2, 0) is 25.6 Å². The van der Waals surface area contributed by atoms with E-state index in [-0.39, 0.29) is 0 Å². The van der Waals surface area contributed by atoms with Gasteiger partial charge in [0.2, 0.25) is 0 Å². The quantitative estimate of drug-likeness (QED) is 0.224. The molecular weight excluding hydrogens is 364 g/mol. The van der Waals surface area contributed by atoms with Crippen LogP contribution in [0.15, 0.2) is 48.0 Å². The van der Waals surface area contributed by atoms with E-state index in [9.17, 15) is 0 Å². The Morgan fingerprint density at radius 3 is 2.85 bits per heavy atom. The summed E-state index contributed by atoms with van der Waals surface area (Å²) in [6.07, 6.45) is 6.39. The fourth-order valence-electron chi connectivity index (χ4n) is 2.31. The molecule has 0 aliphatic rings. The average molecular weight is 393 g/mol. The van der Waals surface area contributed by atoms with Gasteiger partial charge in [0, 0.05) is 18.4 Å². The van der Waals surface area contributed by atoms with Gasteiger partial charge in [-0.15, -0.1) is 0 Å². The highest BCUT2D eigenvalue weighted by atomic mass is 32.2. The Morgan fingerprint density at radius 1 is 1.15 bits per heavy atom.